The third kappa shape index (κ3) is 1.13. The molecule has 5 nitrogen and oxygen atoms in total. The molecule has 66 valence electrons. The molecule has 0 unspecified atom stereocenters. The number of nitrogens with zero attached hydrogens (tertiary/aromatic N) is 2. The van der Waals surface area contributed by atoms with Crippen molar-refractivity contribution >= 4 is 5.97 Å². The minimum Gasteiger partial charge on any atom is -0.463 e. The van der Waals surface area contributed by atoms with Gasteiger partial charge in [-0.05, 0) is 13.8 Å². The minimum absolute atomic E-state index is 0.132. The lowest BCUT2D eigenvalue weighted by Gasteiger charge is -1.99. The Labute approximate surface area is 70.1 Å². The number of hydrogen-bond acceptors (Lipinski definition) is 4. The summed E-state index contributed by atoms with van der Waals surface area (Å²) in [4.78, 5) is 15.0. The van der Waals surface area contributed by atoms with Crippen molar-refractivity contribution in [2.75, 3.05) is 13.0 Å². The molecule has 0 spiro atoms. The lowest BCUT2D eigenvalue weighted by molar-refractivity contribution is 0.0583. The van der Waals surface area contributed by atoms with Crippen LogP contribution in [0.25, 0.3) is 0 Å². The zero-order valence-electron chi connectivity index (χ0n) is 7.29. The fraction of sp³-hybridized carbons (Fsp3) is 0.429. The molecule has 1 aromatic rings. The van der Waals surface area contributed by atoms with Gasteiger partial charge in [0.1, 0.15) is 0 Å². The quantitative estimate of drug-likeness (QED) is 0.474. The number of aryl methyl sites for hydroxylation is 1. The average Bonchev–Trinajstić information content (AvgIpc) is 2.32. The van der Waals surface area contributed by atoms with Gasteiger partial charge in [-0.2, -0.15) is 0 Å². The van der Waals surface area contributed by atoms with E-state index < -0.39 is 5.97 Å². The number of methoxy groups -OCH3 is 1. The van der Waals surface area contributed by atoms with Crippen molar-refractivity contribution in [3.8, 4) is 0 Å². The number of nitrogen functional groups attached to an aromatic ring is 1. The van der Waals surface area contributed by atoms with E-state index in [0.717, 1.165) is 11.4 Å². The van der Waals surface area contributed by atoms with E-state index in [1.165, 1.54) is 11.8 Å². The van der Waals surface area contributed by atoms with Crippen molar-refractivity contribution in [3.05, 3.63) is 17.2 Å². The van der Waals surface area contributed by atoms with Gasteiger partial charge in [-0.15, -0.1) is 0 Å². The lowest BCUT2D eigenvalue weighted by atomic mass is 10.4. The molecule has 0 fully saturated rings. The predicted molar refractivity (Wildman–Crippen MR) is 43.2 cm³/mol. The summed E-state index contributed by atoms with van der Waals surface area (Å²) in [5.74, 6) is 5.15. The summed E-state index contributed by atoms with van der Waals surface area (Å²) in [5, 5.41) is 0. The maximum absolute atomic E-state index is 11.0. The molecule has 0 saturated carbocycles. The number of rotatable bonds is 1. The van der Waals surface area contributed by atoms with Crippen LogP contribution in [0, 0.1) is 13.8 Å². The average molecular weight is 169 g/mol. The van der Waals surface area contributed by atoms with Crippen molar-refractivity contribution in [1.29, 1.82) is 0 Å². The molecule has 2 N–H and O–H groups in total. The van der Waals surface area contributed by atoms with Crippen LogP contribution in [-0.4, -0.2) is 22.7 Å². The van der Waals surface area contributed by atoms with Crippen molar-refractivity contribution in [2.45, 2.75) is 13.8 Å². The highest BCUT2D eigenvalue weighted by molar-refractivity contribution is 5.85. The molecule has 5 heteroatoms. The molecule has 0 atom stereocenters. The Morgan fingerprint density at radius 3 is 2.50 bits per heavy atom. The van der Waals surface area contributed by atoms with Crippen molar-refractivity contribution in [3.63, 3.8) is 0 Å². The Morgan fingerprint density at radius 2 is 2.17 bits per heavy atom. The molecule has 0 bridgehead atoms. The highest BCUT2D eigenvalue weighted by Crippen LogP contribution is 2.06. The molecule has 1 aromatic heterocycles. The van der Waals surface area contributed by atoms with Gasteiger partial charge in [0.2, 0.25) is 5.82 Å². The summed E-state index contributed by atoms with van der Waals surface area (Å²) in [6.45, 7) is 3.57. The van der Waals surface area contributed by atoms with E-state index in [1.807, 2.05) is 0 Å². The Hall–Kier alpha value is -1.52. The summed E-state index contributed by atoms with van der Waals surface area (Å²) in [5.41, 5.74) is 1.49. The number of aromatic nitrogens is 2. The molecule has 1 heterocycles. The molecule has 0 amide bonds. The number of imidazole rings is 1. The number of nitrogens with two attached hydrogens (primary N) is 1. The van der Waals surface area contributed by atoms with Crippen LogP contribution in [0.4, 0.5) is 0 Å². The molecule has 1 rings (SSSR count). The fourth-order valence-electron chi connectivity index (χ4n) is 0.862. The fourth-order valence-corrected chi connectivity index (χ4v) is 0.862. The number of carbonyl (C=O) groups is 1. The van der Waals surface area contributed by atoms with Crippen LogP contribution in [0.2, 0.25) is 0 Å². The van der Waals surface area contributed by atoms with Crippen LogP contribution in [0.1, 0.15) is 22.0 Å². The highest BCUT2D eigenvalue weighted by atomic mass is 16.5. The monoisotopic (exact) mass is 169 g/mol. The van der Waals surface area contributed by atoms with Gasteiger partial charge in [0, 0.05) is 0 Å². The van der Waals surface area contributed by atoms with Crippen molar-refractivity contribution in [1.82, 2.24) is 9.66 Å². The van der Waals surface area contributed by atoms with Crippen LogP contribution in [0.5, 0.6) is 0 Å². The topological polar surface area (TPSA) is 70.1 Å². The second kappa shape index (κ2) is 2.84. The van der Waals surface area contributed by atoms with Gasteiger partial charge in [0.25, 0.3) is 0 Å². The Kier molecular flexibility index (Phi) is 2.03. The number of ether oxygens (including phenoxy) is 1. The maximum atomic E-state index is 11.0. The van der Waals surface area contributed by atoms with E-state index in [1.54, 1.807) is 13.8 Å². The number of hydrogen-bond donors (Lipinski definition) is 1. The standard InChI is InChI=1S/C7H11N3O2/c1-4-5(2)10(8)6(9-4)7(11)12-3/h8H2,1-3H3. The predicted octanol–water partition coefficient (Wildman–Crippen LogP) is 0.000340. The van der Waals surface area contributed by atoms with Crippen molar-refractivity contribution < 1.29 is 9.53 Å². The van der Waals surface area contributed by atoms with Gasteiger partial charge in [-0.3, -0.25) is 0 Å². The highest BCUT2D eigenvalue weighted by Gasteiger charge is 2.15. The lowest BCUT2D eigenvalue weighted by Crippen LogP contribution is -2.19. The SMILES string of the molecule is COC(=O)c1nc(C)c(C)n1N. The van der Waals surface area contributed by atoms with Crippen molar-refractivity contribution in [2.24, 2.45) is 0 Å². The molecule has 0 radical (unpaired) electrons. The van der Waals surface area contributed by atoms with E-state index in [-0.39, 0.29) is 5.82 Å². The zero-order chi connectivity index (χ0) is 9.30. The van der Waals surface area contributed by atoms with E-state index in [2.05, 4.69) is 9.72 Å². The molecule has 0 aliphatic carbocycles. The largest absolute Gasteiger partial charge is 0.463 e. The zero-order valence-corrected chi connectivity index (χ0v) is 7.29. The van der Waals surface area contributed by atoms with Crippen LogP contribution in [-0.2, 0) is 4.74 Å². The summed E-state index contributed by atoms with van der Waals surface area (Å²) in [6, 6.07) is 0. The van der Waals surface area contributed by atoms with E-state index in [9.17, 15) is 4.79 Å². The first-order valence-corrected chi connectivity index (χ1v) is 3.47. The van der Waals surface area contributed by atoms with E-state index >= 15 is 0 Å². The van der Waals surface area contributed by atoms with Crippen LogP contribution in [0.3, 0.4) is 0 Å². The van der Waals surface area contributed by atoms with Gasteiger partial charge < -0.3 is 10.6 Å². The summed E-state index contributed by atoms with van der Waals surface area (Å²) in [7, 11) is 1.29. The van der Waals surface area contributed by atoms with Crippen LogP contribution < -0.4 is 5.84 Å². The Morgan fingerprint density at radius 1 is 1.58 bits per heavy atom. The second-order valence-corrected chi connectivity index (χ2v) is 2.47. The third-order valence-electron chi connectivity index (χ3n) is 1.75. The third-order valence-corrected chi connectivity index (χ3v) is 1.75. The normalized spacial score (nSPS) is 9.92. The molecule has 0 aliphatic rings. The number of carbonyl (C=O) groups excluding carboxylic acids is 1. The minimum atomic E-state index is -0.520. The van der Waals surface area contributed by atoms with Crippen LogP contribution >= 0.6 is 0 Å². The first-order chi connectivity index (χ1) is 5.57. The molecule has 12 heavy (non-hydrogen) atoms. The van der Waals surface area contributed by atoms with Gasteiger partial charge in [0.15, 0.2) is 0 Å². The Balaban J connectivity index is 3.17. The smallest absolute Gasteiger partial charge is 0.376 e. The molecule has 0 aromatic carbocycles. The summed E-state index contributed by atoms with van der Waals surface area (Å²) in [6.07, 6.45) is 0. The first-order valence-electron chi connectivity index (χ1n) is 3.47. The van der Waals surface area contributed by atoms with E-state index in [4.69, 9.17) is 5.84 Å². The van der Waals surface area contributed by atoms with Gasteiger partial charge in [-0.1, -0.05) is 0 Å². The second-order valence-electron chi connectivity index (χ2n) is 2.47. The van der Waals surface area contributed by atoms with Crippen LogP contribution in [0.15, 0.2) is 0 Å². The number of esters is 1. The molecule has 0 aliphatic heterocycles. The maximum Gasteiger partial charge on any atom is 0.376 e. The van der Waals surface area contributed by atoms with Gasteiger partial charge in [0.05, 0.1) is 18.5 Å². The van der Waals surface area contributed by atoms with Gasteiger partial charge in [-0.25, -0.2) is 14.5 Å². The summed E-state index contributed by atoms with van der Waals surface area (Å²) < 4.78 is 5.71. The summed E-state index contributed by atoms with van der Waals surface area (Å²) >= 11 is 0. The Bertz CT molecular complexity index is 317. The van der Waals surface area contributed by atoms with Gasteiger partial charge >= 0.3 is 5.97 Å². The molecular weight excluding hydrogens is 158 g/mol. The first kappa shape index (κ1) is 8.58. The molecule has 0 saturated heterocycles. The molecular formula is C7H11N3O2. The van der Waals surface area contributed by atoms with E-state index in [0.29, 0.717) is 0 Å².